The first kappa shape index (κ1) is 14.1. The third kappa shape index (κ3) is 3.05. The standard InChI is InChI=1S/C17H25NO2/c19-13-17(8-4-10-20-14-17)12-18-9-7-16(11-18)15-5-2-1-3-6-15/h1-3,5-6,16,19H,4,7-14H2. The molecule has 2 unspecified atom stereocenters. The van der Waals surface area contributed by atoms with Gasteiger partial charge in [-0.2, -0.15) is 0 Å². The third-order valence-corrected chi connectivity index (χ3v) is 4.84. The monoisotopic (exact) mass is 275 g/mol. The Morgan fingerprint density at radius 1 is 1.30 bits per heavy atom. The van der Waals surface area contributed by atoms with E-state index in [4.69, 9.17) is 4.74 Å². The Labute approximate surface area is 121 Å². The first-order chi connectivity index (χ1) is 9.81. The minimum absolute atomic E-state index is 0.0240. The molecular formula is C17H25NO2. The molecule has 0 spiro atoms. The average molecular weight is 275 g/mol. The van der Waals surface area contributed by atoms with Gasteiger partial charge in [0.2, 0.25) is 0 Å². The summed E-state index contributed by atoms with van der Waals surface area (Å²) in [6.07, 6.45) is 3.40. The largest absolute Gasteiger partial charge is 0.396 e. The number of nitrogens with zero attached hydrogens (tertiary/aromatic N) is 1. The summed E-state index contributed by atoms with van der Waals surface area (Å²) >= 11 is 0. The van der Waals surface area contributed by atoms with Crippen LogP contribution in [0.1, 0.15) is 30.7 Å². The Morgan fingerprint density at radius 2 is 2.15 bits per heavy atom. The molecule has 1 N–H and O–H groups in total. The number of ether oxygens (including phenoxy) is 1. The van der Waals surface area contributed by atoms with E-state index in [0.717, 1.165) is 45.7 Å². The molecule has 2 saturated heterocycles. The first-order valence-corrected chi connectivity index (χ1v) is 7.77. The molecule has 3 heteroatoms. The van der Waals surface area contributed by atoms with Gasteiger partial charge in [-0.3, -0.25) is 0 Å². The van der Waals surface area contributed by atoms with Crippen molar-refractivity contribution in [3.8, 4) is 0 Å². The van der Waals surface area contributed by atoms with Gasteiger partial charge in [-0.05, 0) is 37.3 Å². The molecule has 3 rings (SSSR count). The van der Waals surface area contributed by atoms with Crippen LogP contribution in [0.25, 0.3) is 0 Å². The van der Waals surface area contributed by atoms with Gasteiger partial charge in [0.05, 0.1) is 13.2 Å². The SMILES string of the molecule is OCC1(CN2CCC(c3ccccc3)C2)CCCOC1. The zero-order chi connectivity index (χ0) is 13.8. The van der Waals surface area contributed by atoms with Crippen LogP contribution in [0.3, 0.4) is 0 Å². The smallest absolute Gasteiger partial charge is 0.0556 e. The zero-order valence-electron chi connectivity index (χ0n) is 12.1. The van der Waals surface area contributed by atoms with Gasteiger partial charge in [0, 0.05) is 25.1 Å². The highest BCUT2D eigenvalue weighted by Crippen LogP contribution is 2.33. The number of benzene rings is 1. The predicted molar refractivity (Wildman–Crippen MR) is 79.8 cm³/mol. The van der Waals surface area contributed by atoms with E-state index in [9.17, 15) is 5.11 Å². The van der Waals surface area contributed by atoms with Gasteiger partial charge in [-0.1, -0.05) is 30.3 Å². The van der Waals surface area contributed by atoms with Gasteiger partial charge >= 0.3 is 0 Å². The summed E-state index contributed by atoms with van der Waals surface area (Å²) in [7, 11) is 0. The Bertz CT molecular complexity index is 414. The number of aliphatic hydroxyl groups excluding tert-OH is 1. The fourth-order valence-corrected chi connectivity index (χ4v) is 3.66. The molecule has 2 aliphatic heterocycles. The molecule has 0 saturated carbocycles. The lowest BCUT2D eigenvalue weighted by Crippen LogP contribution is -2.44. The highest BCUT2D eigenvalue weighted by Gasteiger charge is 2.36. The minimum Gasteiger partial charge on any atom is -0.396 e. The van der Waals surface area contributed by atoms with Crippen LogP contribution in [0, 0.1) is 5.41 Å². The number of aliphatic hydroxyl groups is 1. The van der Waals surface area contributed by atoms with Crippen LogP contribution in [0.4, 0.5) is 0 Å². The molecule has 0 bridgehead atoms. The lowest BCUT2D eigenvalue weighted by Gasteiger charge is -2.38. The summed E-state index contributed by atoms with van der Waals surface area (Å²) in [4.78, 5) is 2.52. The van der Waals surface area contributed by atoms with Crippen LogP contribution in [0.2, 0.25) is 0 Å². The molecule has 110 valence electrons. The summed E-state index contributed by atoms with van der Waals surface area (Å²) in [5.74, 6) is 0.649. The summed E-state index contributed by atoms with van der Waals surface area (Å²) in [5, 5.41) is 9.78. The van der Waals surface area contributed by atoms with Crippen LogP contribution in [-0.4, -0.2) is 49.5 Å². The second kappa shape index (κ2) is 6.25. The van der Waals surface area contributed by atoms with Crippen LogP contribution < -0.4 is 0 Å². The maximum absolute atomic E-state index is 9.78. The maximum atomic E-state index is 9.78. The second-order valence-electron chi connectivity index (χ2n) is 6.45. The van der Waals surface area contributed by atoms with E-state index in [1.807, 2.05) is 0 Å². The van der Waals surface area contributed by atoms with E-state index < -0.39 is 0 Å². The van der Waals surface area contributed by atoms with E-state index in [2.05, 4.69) is 35.2 Å². The molecule has 1 aromatic rings. The lowest BCUT2D eigenvalue weighted by atomic mass is 9.83. The van der Waals surface area contributed by atoms with E-state index in [-0.39, 0.29) is 12.0 Å². The molecule has 2 heterocycles. The lowest BCUT2D eigenvalue weighted by molar-refractivity contribution is -0.0526. The Balaban J connectivity index is 1.60. The zero-order valence-corrected chi connectivity index (χ0v) is 12.1. The number of likely N-dealkylation sites (tertiary alicyclic amines) is 1. The molecule has 0 aromatic heterocycles. The van der Waals surface area contributed by atoms with E-state index in [0.29, 0.717) is 5.92 Å². The molecular weight excluding hydrogens is 250 g/mol. The Hall–Kier alpha value is -0.900. The molecule has 0 radical (unpaired) electrons. The summed E-state index contributed by atoms with van der Waals surface area (Å²) in [6.45, 7) is 5.06. The van der Waals surface area contributed by atoms with Crippen molar-refractivity contribution in [1.29, 1.82) is 0 Å². The van der Waals surface area contributed by atoms with E-state index in [1.165, 1.54) is 12.0 Å². The Kier molecular flexibility index (Phi) is 4.39. The Morgan fingerprint density at radius 3 is 2.85 bits per heavy atom. The maximum Gasteiger partial charge on any atom is 0.0556 e. The van der Waals surface area contributed by atoms with Gasteiger partial charge in [0.15, 0.2) is 0 Å². The topological polar surface area (TPSA) is 32.7 Å². The molecule has 2 fully saturated rings. The van der Waals surface area contributed by atoms with Crippen molar-refractivity contribution in [2.45, 2.75) is 25.2 Å². The normalized spacial score (nSPS) is 31.6. The molecule has 1 aromatic carbocycles. The molecule has 2 atom stereocenters. The second-order valence-corrected chi connectivity index (χ2v) is 6.45. The molecule has 0 amide bonds. The van der Waals surface area contributed by atoms with Gasteiger partial charge in [0.1, 0.15) is 0 Å². The van der Waals surface area contributed by atoms with Crippen LogP contribution in [0.15, 0.2) is 30.3 Å². The number of hydrogen-bond donors (Lipinski definition) is 1. The van der Waals surface area contributed by atoms with Crippen molar-refractivity contribution in [1.82, 2.24) is 4.90 Å². The van der Waals surface area contributed by atoms with Crippen LogP contribution >= 0.6 is 0 Å². The van der Waals surface area contributed by atoms with E-state index in [1.54, 1.807) is 0 Å². The van der Waals surface area contributed by atoms with Gasteiger partial charge in [-0.15, -0.1) is 0 Å². The number of hydrogen-bond acceptors (Lipinski definition) is 3. The summed E-state index contributed by atoms with van der Waals surface area (Å²) < 4.78 is 5.61. The minimum atomic E-state index is -0.0240. The van der Waals surface area contributed by atoms with Crippen LogP contribution in [-0.2, 0) is 4.74 Å². The van der Waals surface area contributed by atoms with Crippen molar-refractivity contribution in [2.75, 3.05) is 39.5 Å². The number of rotatable bonds is 4. The van der Waals surface area contributed by atoms with Crippen molar-refractivity contribution < 1.29 is 9.84 Å². The molecule has 0 aliphatic carbocycles. The van der Waals surface area contributed by atoms with Gasteiger partial charge in [-0.25, -0.2) is 0 Å². The van der Waals surface area contributed by atoms with Crippen molar-refractivity contribution in [2.24, 2.45) is 5.41 Å². The predicted octanol–water partition coefficient (Wildman–Crippen LogP) is 2.26. The van der Waals surface area contributed by atoms with Crippen molar-refractivity contribution in [3.05, 3.63) is 35.9 Å². The molecule has 2 aliphatic rings. The third-order valence-electron chi connectivity index (χ3n) is 4.84. The highest BCUT2D eigenvalue weighted by molar-refractivity contribution is 5.21. The molecule has 3 nitrogen and oxygen atoms in total. The highest BCUT2D eigenvalue weighted by atomic mass is 16.5. The quantitative estimate of drug-likeness (QED) is 0.915. The first-order valence-electron chi connectivity index (χ1n) is 7.77. The summed E-state index contributed by atoms with van der Waals surface area (Å²) in [5.41, 5.74) is 1.43. The van der Waals surface area contributed by atoms with Gasteiger partial charge < -0.3 is 14.7 Å². The van der Waals surface area contributed by atoms with Crippen LogP contribution in [0.5, 0.6) is 0 Å². The van der Waals surface area contributed by atoms with Crippen molar-refractivity contribution in [3.63, 3.8) is 0 Å². The fourth-order valence-electron chi connectivity index (χ4n) is 3.66. The average Bonchev–Trinajstić information content (AvgIpc) is 2.97. The fraction of sp³-hybridized carbons (Fsp3) is 0.647. The van der Waals surface area contributed by atoms with E-state index >= 15 is 0 Å². The van der Waals surface area contributed by atoms with Gasteiger partial charge in [0.25, 0.3) is 0 Å². The molecule has 20 heavy (non-hydrogen) atoms. The van der Waals surface area contributed by atoms with Crippen molar-refractivity contribution >= 4 is 0 Å². The summed E-state index contributed by atoms with van der Waals surface area (Å²) in [6, 6.07) is 10.8.